The number of aryl methyl sites for hydroxylation is 2. The first-order valence-corrected chi connectivity index (χ1v) is 7.77. The van der Waals surface area contributed by atoms with Gasteiger partial charge in [-0.3, -0.25) is 9.36 Å². The van der Waals surface area contributed by atoms with Crippen molar-refractivity contribution < 1.29 is 0 Å². The van der Waals surface area contributed by atoms with Gasteiger partial charge in [-0.15, -0.1) is 11.3 Å². The van der Waals surface area contributed by atoms with E-state index in [1.54, 1.807) is 10.9 Å². The third-order valence-corrected chi connectivity index (χ3v) is 4.53. The Bertz CT molecular complexity index is 818. The molecule has 2 aromatic heterocycles. The van der Waals surface area contributed by atoms with Crippen LogP contribution in [-0.2, 0) is 6.54 Å². The standard InChI is InChI=1S/C16H17N3OS/c1-11-3-5-13(6-4-11)17-7-8-19-10-18-14-12(2)9-21-15(14)16(19)20/h3-6,9-10,17H,7-8H2,1-2H3. The lowest BCUT2D eigenvalue weighted by molar-refractivity contribution is 0.690. The number of fused-ring (bicyclic) bond motifs is 1. The quantitative estimate of drug-likeness (QED) is 0.805. The Morgan fingerprint density at radius 1 is 1.24 bits per heavy atom. The van der Waals surface area contributed by atoms with Gasteiger partial charge in [0.15, 0.2) is 0 Å². The molecule has 4 nitrogen and oxygen atoms in total. The molecule has 0 spiro atoms. The summed E-state index contributed by atoms with van der Waals surface area (Å²) in [5.74, 6) is 0. The van der Waals surface area contributed by atoms with E-state index in [4.69, 9.17) is 0 Å². The van der Waals surface area contributed by atoms with Crippen molar-refractivity contribution in [1.82, 2.24) is 9.55 Å². The van der Waals surface area contributed by atoms with Gasteiger partial charge in [-0.1, -0.05) is 17.7 Å². The van der Waals surface area contributed by atoms with Crippen molar-refractivity contribution >= 4 is 27.2 Å². The van der Waals surface area contributed by atoms with E-state index in [-0.39, 0.29) is 5.56 Å². The number of rotatable bonds is 4. The predicted octanol–water partition coefficient (Wildman–Crippen LogP) is 3.19. The molecule has 0 atom stereocenters. The molecule has 5 heteroatoms. The van der Waals surface area contributed by atoms with Crippen LogP contribution >= 0.6 is 11.3 Å². The number of nitrogens with zero attached hydrogens (tertiary/aromatic N) is 2. The van der Waals surface area contributed by atoms with E-state index >= 15 is 0 Å². The van der Waals surface area contributed by atoms with Gasteiger partial charge in [0.1, 0.15) is 4.70 Å². The largest absolute Gasteiger partial charge is 0.383 e. The van der Waals surface area contributed by atoms with Gasteiger partial charge in [0.25, 0.3) is 5.56 Å². The Kier molecular flexibility index (Phi) is 3.75. The zero-order chi connectivity index (χ0) is 14.8. The van der Waals surface area contributed by atoms with Crippen molar-refractivity contribution in [3.05, 3.63) is 57.5 Å². The van der Waals surface area contributed by atoms with Crippen LogP contribution in [0.25, 0.3) is 10.2 Å². The number of aromatic nitrogens is 2. The van der Waals surface area contributed by atoms with Crippen LogP contribution in [-0.4, -0.2) is 16.1 Å². The fraction of sp³-hybridized carbons (Fsp3) is 0.250. The van der Waals surface area contributed by atoms with E-state index in [2.05, 4.69) is 29.4 Å². The van der Waals surface area contributed by atoms with Crippen LogP contribution in [0.15, 0.2) is 40.8 Å². The number of hydrogen-bond donors (Lipinski definition) is 1. The first-order chi connectivity index (χ1) is 10.1. The summed E-state index contributed by atoms with van der Waals surface area (Å²) >= 11 is 1.47. The van der Waals surface area contributed by atoms with Crippen molar-refractivity contribution in [3.63, 3.8) is 0 Å². The van der Waals surface area contributed by atoms with Crippen LogP contribution in [0.4, 0.5) is 5.69 Å². The molecular formula is C16H17N3OS. The highest BCUT2D eigenvalue weighted by atomic mass is 32.1. The summed E-state index contributed by atoms with van der Waals surface area (Å²) in [4.78, 5) is 16.7. The Labute approximate surface area is 127 Å². The smallest absolute Gasteiger partial charge is 0.271 e. The molecule has 2 heterocycles. The predicted molar refractivity (Wildman–Crippen MR) is 88.3 cm³/mol. The second kappa shape index (κ2) is 5.69. The molecule has 0 aliphatic heterocycles. The molecule has 0 unspecified atom stereocenters. The maximum Gasteiger partial charge on any atom is 0.271 e. The molecular weight excluding hydrogens is 282 g/mol. The highest BCUT2D eigenvalue weighted by Crippen LogP contribution is 2.19. The van der Waals surface area contributed by atoms with E-state index in [9.17, 15) is 4.79 Å². The molecule has 0 radical (unpaired) electrons. The fourth-order valence-electron chi connectivity index (χ4n) is 2.21. The molecule has 21 heavy (non-hydrogen) atoms. The molecule has 0 amide bonds. The first-order valence-electron chi connectivity index (χ1n) is 6.89. The van der Waals surface area contributed by atoms with E-state index in [0.29, 0.717) is 13.1 Å². The Morgan fingerprint density at radius 3 is 2.76 bits per heavy atom. The van der Waals surface area contributed by atoms with E-state index < -0.39 is 0 Å². The van der Waals surface area contributed by atoms with Crippen molar-refractivity contribution in [3.8, 4) is 0 Å². The zero-order valence-electron chi connectivity index (χ0n) is 12.1. The molecule has 0 bridgehead atoms. The van der Waals surface area contributed by atoms with Crippen LogP contribution in [0.3, 0.4) is 0 Å². The lowest BCUT2D eigenvalue weighted by Crippen LogP contribution is -2.23. The molecule has 1 aromatic carbocycles. The van der Waals surface area contributed by atoms with Gasteiger partial charge < -0.3 is 5.32 Å². The van der Waals surface area contributed by atoms with Gasteiger partial charge in [-0.05, 0) is 36.9 Å². The Balaban J connectivity index is 1.72. The summed E-state index contributed by atoms with van der Waals surface area (Å²) < 4.78 is 2.41. The highest BCUT2D eigenvalue weighted by molar-refractivity contribution is 7.17. The van der Waals surface area contributed by atoms with E-state index in [1.165, 1.54) is 16.9 Å². The van der Waals surface area contributed by atoms with Gasteiger partial charge in [0.05, 0.1) is 11.8 Å². The van der Waals surface area contributed by atoms with Crippen LogP contribution < -0.4 is 10.9 Å². The summed E-state index contributed by atoms with van der Waals surface area (Å²) in [6.45, 7) is 5.34. The molecule has 0 aliphatic rings. The van der Waals surface area contributed by atoms with Crippen LogP contribution in [0.5, 0.6) is 0 Å². The second-order valence-corrected chi connectivity index (χ2v) is 6.01. The van der Waals surface area contributed by atoms with Crippen LogP contribution in [0.1, 0.15) is 11.1 Å². The number of anilines is 1. The summed E-state index contributed by atoms with van der Waals surface area (Å²) in [6.07, 6.45) is 1.64. The SMILES string of the molecule is Cc1ccc(NCCn2cnc3c(C)csc3c2=O)cc1. The summed E-state index contributed by atoms with van der Waals surface area (Å²) in [5.41, 5.74) is 4.24. The van der Waals surface area contributed by atoms with Gasteiger partial charge in [-0.2, -0.15) is 0 Å². The molecule has 0 fully saturated rings. The third kappa shape index (κ3) is 2.83. The lowest BCUT2D eigenvalue weighted by Gasteiger charge is -2.08. The van der Waals surface area contributed by atoms with Gasteiger partial charge in [-0.25, -0.2) is 4.98 Å². The molecule has 3 rings (SSSR count). The minimum Gasteiger partial charge on any atom is -0.383 e. The van der Waals surface area contributed by atoms with Gasteiger partial charge in [0, 0.05) is 18.8 Å². The minimum absolute atomic E-state index is 0.0452. The topological polar surface area (TPSA) is 46.9 Å². The molecule has 108 valence electrons. The summed E-state index contributed by atoms with van der Waals surface area (Å²) in [6, 6.07) is 8.22. The van der Waals surface area contributed by atoms with Crippen LogP contribution in [0.2, 0.25) is 0 Å². The second-order valence-electron chi connectivity index (χ2n) is 5.13. The summed E-state index contributed by atoms with van der Waals surface area (Å²) in [7, 11) is 0. The molecule has 0 aliphatic carbocycles. The average Bonchev–Trinajstić information content (AvgIpc) is 2.86. The Morgan fingerprint density at radius 2 is 2.00 bits per heavy atom. The average molecular weight is 299 g/mol. The third-order valence-electron chi connectivity index (χ3n) is 3.46. The number of hydrogen-bond acceptors (Lipinski definition) is 4. The van der Waals surface area contributed by atoms with Crippen molar-refractivity contribution in [2.24, 2.45) is 0 Å². The number of thiophene rings is 1. The maximum absolute atomic E-state index is 12.3. The molecule has 0 saturated heterocycles. The minimum atomic E-state index is 0.0452. The van der Waals surface area contributed by atoms with Gasteiger partial charge in [0.2, 0.25) is 0 Å². The zero-order valence-corrected chi connectivity index (χ0v) is 12.9. The number of benzene rings is 1. The van der Waals surface area contributed by atoms with Crippen LogP contribution in [0, 0.1) is 13.8 Å². The highest BCUT2D eigenvalue weighted by Gasteiger charge is 2.07. The molecule has 3 aromatic rings. The van der Waals surface area contributed by atoms with Crippen molar-refractivity contribution in [2.75, 3.05) is 11.9 Å². The normalized spacial score (nSPS) is 11.0. The maximum atomic E-state index is 12.3. The van der Waals surface area contributed by atoms with Gasteiger partial charge >= 0.3 is 0 Å². The van der Waals surface area contributed by atoms with Crippen molar-refractivity contribution in [1.29, 1.82) is 0 Å². The fourth-order valence-corrected chi connectivity index (χ4v) is 3.16. The van der Waals surface area contributed by atoms with Crippen molar-refractivity contribution in [2.45, 2.75) is 20.4 Å². The van der Waals surface area contributed by atoms with E-state index in [1.807, 2.05) is 24.4 Å². The first kappa shape index (κ1) is 13.8. The monoisotopic (exact) mass is 299 g/mol. The van der Waals surface area contributed by atoms with E-state index in [0.717, 1.165) is 21.5 Å². The molecule has 1 N–H and O–H groups in total. The lowest BCUT2D eigenvalue weighted by atomic mass is 10.2. The number of nitrogens with one attached hydrogen (secondary N) is 1. The molecule has 0 saturated carbocycles. The Hall–Kier alpha value is -2.14. The summed E-state index contributed by atoms with van der Waals surface area (Å²) in [5, 5.41) is 5.30.